The van der Waals surface area contributed by atoms with Gasteiger partial charge >= 0.3 is 0 Å². The molecule has 2 aromatic heterocycles. The van der Waals surface area contributed by atoms with Crippen LogP contribution in [0, 0.1) is 0 Å². The zero-order chi connectivity index (χ0) is 24.7. The molecule has 1 fully saturated rings. The molecule has 0 aromatic carbocycles. The largest absolute Gasteiger partial charge is 0.480 e. The first-order valence-electron chi connectivity index (χ1n) is 10.5. The van der Waals surface area contributed by atoms with Crippen molar-refractivity contribution in [1.29, 1.82) is 0 Å². The van der Waals surface area contributed by atoms with Gasteiger partial charge < -0.3 is 30.1 Å². The third-order valence-corrected chi connectivity index (χ3v) is 5.68. The lowest BCUT2D eigenvalue weighted by Gasteiger charge is -2.34. The molecule has 0 saturated carbocycles. The van der Waals surface area contributed by atoms with E-state index in [4.69, 9.17) is 14.6 Å². The lowest BCUT2D eigenvalue weighted by molar-refractivity contribution is -0.115. The number of aliphatic hydroxyl groups excluding tert-OH is 1. The molecule has 0 atom stereocenters. The van der Waals surface area contributed by atoms with Gasteiger partial charge in [-0.15, -0.1) is 0 Å². The fourth-order valence-electron chi connectivity index (χ4n) is 3.27. The summed E-state index contributed by atoms with van der Waals surface area (Å²) in [7, 11) is 2.98. The van der Waals surface area contributed by atoms with E-state index in [0.717, 1.165) is 24.9 Å². The number of methoxy groups -OCH3 is 2. The van der Waals surface area contributed by atoms with Crippen LogP contribution in [-0.2, 0) is 9.59 Å². The Balaban J connectivity index is 1.91. The number of aromatic nitrogens is 4. The molecule has 3 N–H and O–H groups in total. The number of anilines is 3. The maximum absolute atomic E-state index is 11.5. The Morgan fingerprint density at radius 2 is 1.50 bits per heavy atom. The first kappa shape index (κ1) is 25.4. The van der Waals surface area contributed by atoms with E-state index in [1.165, 1.54) is 34.1 Å². The van der Waals surface area contributed by atoms with Crippen LogP contribution in [0.2, 0.25) is 0 Å². The molecule has 3 heterocycles. The predicted octanol–water partition coefficient (Wildman–Crippen LogP) is 0.466. The van der Waals surface area contributed by atoms with E-state index >= 15 is 0 Å². The molecule has 1 aliphatic rings. The van der Waals surface area contributed by atoms with Gasteiger partial charge in [-0.3, -0.25) is 14.5 Å². The maximum Gasteiger partial charge on any atom is 0.236 e. The average Bonchev–Trinajstić information content (AvgIpc) is 2.79. The highest BCUT2D eigenvalue weighted by molar-refractivity contribution is 7.99. The van der Waals surface area contributed by atoms with E-state index in [9.17, 15) is 9.59 Å². The quantitative estimate of drug-likeness (QED) is 0.417. The van der Waals surface area contributed by atoms with Crippen LogP contribution in [0.1, 0.15) is 13.8 Å². The van der Waals surface area contributed by atoms with Crippen molar-refractivity contribution in [2.45, 2.75) is 23.9 Å². The first-order chi connectivity index (χ1) is 16.3. The van der Waals surface area contributed by atoms with E-state index < -0.39 is 0 Å². The van der Waals surface area contributed by atoms with Crippen LogP contribution in [0.3, 0.4) is 0 Å². The van der Waals surface area contributed by atoms with Crippen molar-refractivity contribution in [3.63, 3.8) is 0 Å². The summed E-state index contributed by atoms with van der Waals surface area (Å²) in [6.07, 6.45) is 0. The van der Waals surface area contributed by atoms with Gasteiger partial charge in [0.2, 0.25) is 29.5 Å². The van der Waals surface area contributed by atoms with Crippen LogP contribution in [0.5, 0.6) is 11.8 Å². The summed E-state index contributed by atoms with van der Waals surface area (Å²) in [6.45, 7) is 6.42. The second kappa shape index (κ2) is 11.8. The molecule has 14 heteroatoms. The van der Waals surface area contributed by atoms with E-state index in [0.29, 0.717) is 30.5 Å². The molecule has 34 heavy (non-hydrogen) atoms. The summed E-state index contributed by atoms with van der Waals surface area (Å²) in [5.74, 6) is 0.845. The number of piperazine rings is 1. The summed E-state index contributed by atoms with van der Waals surface area (Å²) in [5, 5.41) is 14.5. The number of carbonyl (C=O) groups excluding carboxylic acids is 2. The molecule has 0 radical (unpaired) electrons. The average molecular weight is 493 g/mol. The molecule has 184 valence electrons. The number of aliphatic hydroxyl groups is 1. The Hall–Kier alpha value is -3.23. The minimum absolute atomic E-state index is 0.124. The smallest absolute Gasteiger partial charge is 0.236 e. The molecule has 0 aliphatic carbocycles. The molecule has 1 aliphatic heterocycles. The van der Waals surface area contributed by atoms with Gasteiger partial charge in [0.05, 0.1) is 20.8 Å². The van der Waals surface area contributed by atoms with Crippen molar-refractivity contribution in [3.05, 3.63) is 6.07 Å². The zero-order valence-electron chi connectivity index (χ0n) is 19.5. The number of β-amino-alcohol motifs (C(OH)–C–C–N with tert-alkyl or cyclic N) is 1. The number of hydrogen-bond acceptors (Lipinski definition) is 12. The molecule has 1 saturated heterocycles. The highest BCUT2D eigenvalue weighted by atomic mass is 32.2. The normalized spacial score (nSPS) is 14.0. The molecule has 2 aromatic rings. The Bertz CT molecular complexity index is 973. The van der Waals surface area contributed by atoms with Crippen LogP contribution in [0.25, 0.3) is 0 Å². The van der Waals surface area contributed by atoms with Crippen molar-refractivity contribution < 1.29 is 24.2 Å². The minimum atomic E-state index is -0.314. The van der Waals surface area contributed by atoms with E-state index in [1.807, 2.05) is 4.90 Å². The lowest BCUT2D eigenvalue weighted by Crippen LogP contribution is -2.47. The molecule has 0 unspecified atom stereocenters. The summed E-state index contributed by atoms with van der Waals surface area (Å²) in [6, 6.07) is 1.46. The van der Waals surface area contributed by atoms with Crippen molar-refractivity contribution in [3.8, 4) is 11.8 Å². The van der Waals surface area contributed by atoms with Crippen LogP contribution < -0.4 is 25.0 Å². The van der Waals surface area contributed by atoms with Crippen LogP contribution in [-0.4, -0.2) is 95.3 Å². The van der Waals surface area contributed by atoms with Gasteiger partial charge in [-0.1, -0.05) is 0 Å². The highest BCUT2D eigenvalue weighted by Gasteiger charge is 2.24. The lowest BCUT2D eigenvalue weighted by atomic mass is 10.3. The van der Waals surface area contributed by atoms with Gasteiger partial charge in [0.25, 0.3) is 0 Å². The fourth-order valence-corrected chi connectivity index (χ4v) is 4.17. The number of hydrogen-bond donors (Lipinski definition) is 3. The van der Waals surface area contributed by atoms with Crippen molar-refractivity contribution in [1.82, 2.24) is 24.8 Å². The van der Waals surface area contributed by atoms with Gasteiger partial charge in [0.15, 0.2) is 5.16 Å². The van der Waals surface area contributed by atoms with Crippen molar-refractivity contribution in [2.24, 2.45) is 0 Å². The van der Waals surface area contributed by atoms with Gasteiger partial charge in [-0.2, -0.15) is 9.97 Å². The van der Waals surface area contributed by atoms with Gasteiger partial charge in [-0.05, 0) is 11.8 Å². The van der Waals surface area contributed by atoms with Crippen molar-refractivity contribution in [2.75, 3.05) is 69.1 Å². The SMILES string of the molecule is COc1nc(N2CCN(CCO)CC2)nc(OC)c1Sc1nc(NC(C)=O)cc(NC(C)=O)n1. The third kappa shape index (κ3) is 6.65. The van der Waals surface area contributed by atoms with E-state index in [1.54, 1.807) is 0 Å². The molecule has 3 rings (SSSR count). The number of carbonyl (C=O) groups is 2. The van der Waals surface area contributed by atoms with Crippen LogP contribution >= 0.6 is 11.8 Å². The third-order valence-electron chi connectivity index (χ3n) is 4.76. The van der Waals surface area contributed by atoms with Crippen LogP contribution in [0.4, 0.5) is 17.6 Å². The maximum atomic E-state index is 11.5. The molecular formula is C20H28N8O5S. The molecule has 13 nitrogen and oxygen atoms in total. The highest BCUT2D eigenvalue weighted by Crippen LogP contribution is 2.40. The second-order valence-corrected chi connectivity index (χ2v) is 8.29. The number of amides is 2. The minimum Gasteiger partial charge on any atom is -0.480 e. The van der Waals surface area contributed by atoms with Crippen LogP contribution in [0.15, 0.2) is 16.1 Å². The van der Waals surface area contributed by atoms with E-state index in [-0.39, 0.29) is 47.0 Å². The Morgan fingerprint density at radius 3 is 1.94 bits per heavy atom. The van der Waals surface area contributed by atoms with Gasteiger partial charge in [-0.25, -0.2) is 9.97 Å². The molecule has 0 bridgehead atoms. The summed E-state index contributed by atoms with van der Waals surface area (Å²) in [5.41, 5.74) is 0. The molecule has 0 spiro atoms. The summed E-state index contributed by atoms with van der Waals surface area (Å²) >= 11 is 1.08. The van der Waals surface area contributed by atoms with Gasteiger partial charge in [0, 0.05) is 52.6 Å². The topological polar surface area (TPSA) is 155 Å². The zero-order valence-corrected chi connectivity index (χ0v) is 20.3. The van der Waals surface area contributed by atoms with Gasteiger partial charge in [0.1, 0.15) is 16.5 Å². The Morgan fingerprint density at radius 1 is 0.971 bits per heavy atom. The standard InChI is InChI=1S/C20H28N8O5S/c1-12(30)21-14-11-15(22-13(2)31)24-20(23-14)34-16-17(32-3)25-19(26-18(16)33-4)28-7-5-27(6-8-28)9-10-29/h11,29H,5-10H2,1-4H3,(H2,21,22,23,24,30,31). The number of nitrogens with one attached hydrogen (secondary N) is 2. The summed E-state index contributed by atoms with van der Waals surface area (Å²) < 4.78 is 11.0. The number of ether oxygens (including phenoxy) is 2. The fraction of sp³-hybridized carbons (Fsp3) is 0.500. The summed E-state index contributed by atoms with van der Waals surface area (Å²) in [4.78, 5) is 45.5. The Kier molecular flexibility index (Phi) is 8.79. The molecular weight excluding hydrogens is 464 g/mol. The predicted molar refractivity (Wildman–Crippen MR) is 126 cm³/mol. The van der Waals surface area contributed by atoms with E-state index in [2.05, 4.69) is 35.5 Å². The monoisotopic (exact) mass is 492 g/mol. The molecule has 2 amide bonds. The van der Waals surface area contributed by atoms with Crippen molar-refractivity contribution >= 4 is 41.2 Å². The number of nitrogens with zero attached hydrogens (tertiary/aromatic N) is 6. The number of rotatable bonds is 9. The Labute approximate surface area is 201 Å². The first-order valence-corrected chi connectivity index (χ1v) is 11.3. The second-order valence-electron chi connectivity index (χ2n) is 7.31.